The smallest absolute Gasteiger partial charge is 0.103 e. The number of piperidine rings is 1. The molecule has 0 aliphatic carbocycles. The summed E-state index contributed by atoms with van der Waals surface area (Å²) < 4.78 is 0. The van der Waals surface area contributed by atoms with Crippen LogP contribution in [0.25, 0.3) is 0 Å². The summed E-state index contributed by atoms with van der Waals surface area (Å²) in [7, 11) is 0. The molecule has 1 aromatic carbocycles. The molecule has 1 aliphatic rings. The van der Waals surface area contributed by atoms with Gasteiger partial charge in [0.25, 0.3) is 0 Å². The molecule has 1 atom stereocenters. The number of likely N-dealkylation sites (tertiary alicyclic amines) is 1. The Morgan fingerprint density at radius 3 is 2.39 bits per heavy atom. The van der Waals surface area contributed by atoms with E-state index in [1.54, 1.807) is 0 Å². The van der Waals surface area contributed by atoms with Crippen LogP contribution in [-0.4, -0.2) is 36.2 Å². The summed E-state index contributed by atoms with van der Waals surface area (Å²) in [5.74, 6) is 0. The lowest BCUT2D eigenvalue weighted by Crippen LogP contribution is -2.40. The Morgan fingerprint density at radius 2 is 1.78 bits per heavy atom. The van der Waals surface area contributed by atoms with E-state index in [0.717, 1.165) is 25.2 Å². The highest BCUT2D eigenvalue weighted by atomic mass is 16.3. The van der Waals surface area contributed by atoms with Crippen LogP contribution in [0.5, 0.6) is 0 Å². The number of aliphatic hydroxyl groups is 1. The van der Waals surface area contributed by atoms with Gasteiger partial charge in [0, 0.05) is 13.1 Å². The third kappa shape index (κ3) is 3.31. The van der Waals surface area contributed by atoms with Crippen molar-refractivity contribution in [1.29, 1.82) is 0 Å². The zero-order valence-corrected chi connectivity index (χ0v) is 11.0. The molecule has 1 saturated heterocycles. The highest BCUT2D eigenvalue weighted by Crippen LogP contribution is 2.24. The number of benzene rings is 1. The Morgan fingerprint density at radius 1 is 1.11 bits per heavy atom. The maximum Gasteiger partial charge on any atom is 0.103 e. The summed E-state index contributed by atoms with van der Waals surface area (Å²) >= 11 is 0. The van der Waals surface area contributed by atoms with Crippen LogP contribution in [0.2, 0.25) is 0 Å². The van der Waals surface area contributed by atoms with Crippen molar-refractivity contribution in [3.63, 3.8) is 0 Å². The lowest BCUT2D eigenvalue weighted by Gasteiger charge is -2.32. The number of hydrogen-bond donors (Lipinski definition) is 2. The van der Waals surface area contributed by atoms with Gasteiger partial charge in [0.05, 0.1) is 0 Å². The van der Waals surface area contributed by atoms with Gasteiger partial charge in [-0.15, -0.1) is 0 Å². The molecular weight excluding hydrogens is 224 g/mol. The highest BCUT2D eigenvalue weighted by Gasteiger charge is 2.28. The van der Waals surface area contributed by atoms with E-state index in [-0.39, 0.29) is 6.54 Å². The van der Waals surface area contributed by atoms with Gasteiger partial charge in [0.15, 0.2) is 0 Å². The molecule has 2 rings (SSSR count). The Bertz CT molecular complexity index is 349. The third-order valence-electron chi connectivity index (χ3n) is 3.94. The predicted octanol–water partition coefficient (Wildman–Crippen LogP) is 1.71. The Balaban J connectivity index is 1.95. The fourth-order valence-electron chi connectivity index (χ4n) is 2.64. The minimum atomic E-state index is -0.876. The average Bonchev–Trinajstić information content (AvgIpc) is 2.47. The first-order valence-electron chi connectivity index (χ1n) is 6.95. The van der Waals surface area contributed by atoms with Crippen LogP contribution >= 0.6 is 0 Å². The molecule has 3 nitrogen and oxygen atoms in total. The zero-order valence-electron chi connectivity index (χ0n) is 11.0. The van der Waals surface area contributed by atoms with Crippen LogP contribution in [0.15, 0.2) is 30.3 Å². The summed E-state index contributed by atoms with van der Waals surface area (Å²) in [4.78, 5) is 2.44. The summed E-state index contributed by atoms with van der Waals surface area (Å²) in [5, 5.41) is 10.7. The number of nitrogens with zero attached hydrogens (tertiary/aromatic N) is 1. The van der Waals surface area contributed by atoms with E-state index in [1.165, 1.54) is 19.3 Å². The predicted molar refractivity (Wildman–Crippen MR) is 74.3 cm³/mol. The molecule has 1 fully saturated rings. The van der Waals surface area contributed by atoms with E-state index in [1.807, 2.05) is 30.3 Å². The molecule has 3 heteroatoms. The summed E-state index contributed by atoms with van der Waals surface area (Å²) in [6.07, 6.45) is 4.63. The van der Waals surface area contributed by atoms with E-state index in [4.69, 9.17) is 5.73 Å². The van der Waals surface area contributed by atoms with E-state index in [0.29, 0.717) is 6.42 Å². The van der Waals surface area contributed by atoms with Gasteiger partial charge in [0.1, 0.15) is 5.60 Å². The number of hydrogen-bond acceptors (Lipinski definition) is 3. The molecule has 0 saturated carbocycles. The van der Waals surface area contributed by atoms with Crippen LogP contribution in [0.4, 0.5) is 0 Å². The molecule has 0 aromatic heterocycles. The Labute approximate surface area is 110 Å². The molecule has 18 heavy (non-hydrogen) atoms. The van der Waals surface area contributed by atoms with Gasteiger partial charge in [-0.3, -0.25) is 0 Å². The molecule has 1 aromatic rings. The van der Waals surface area contributed by atoms with Crippen molar-refractivity contribution >= 4 is 0 Å². The van der Waals surface area contributed by atoms with E-state index in [9.17, 15) is 5.11 Å². The number of nitrogens with two attached hydrogens (primary N) is 1. The van der Waals surface area contributed by atoms with Crippen LogP contribution in [0.1, 0.15) is 31.2 Å². The maximum atomic E-state index is 10.7. The van der Waals surface area contributed by atoms with Gasteiger partial charge >= 0.3 is 0 Å². The third-order valence-corrected chi connectivity index (χ3v) is 3.94. The van der Waals surface area contributed by atoms with E-state index < -0.39 is 5.60 Å². The second kappa shape index (κ2) is 6.32. The van der Waals surface area contributed by atoms with E-state index >= 15 is 0 Å². The summed E-state index contributed by atoms with van der Waals surface area (Å²) in [6, 6.07) is 9.80. The van der Waals surface area contributed by atoms with Crippen molar-refractivity contribution in [1.82, 2.24) is 4.90 Å². The Hall–Kier alpha value is -0.900. The molecular formula is C15H24N2O. The quantitative estimate of drug-likeness (QED) is 0.834. The molecule has 0 bridgehead atoms. The first-order chi connectivity index (χ1) is 8.74. The lowest BCUT2D eigenvalue weighted by atomic mass is 9.90. The molecule has 1 unspecified atom stereocenters. The first-order valence-corrected chi connectivity index (χ1v) is 6.95. The second-order valence-electron chi connectivity index (χ2n) is 5.25. The molecule has 1 heterocycles. The highest BCUT2D eigenvalue weighted by molar-refractivity contribution is 5.22. The topological polar surface area (TPSA) is 49.5 Å². The van der Waals surface area contributed by atoms with Crippen LogP contribution in [-0.2, 0) is 5.60 Å². The van der Waals surface area contributed by atoms with Crippen molar-refractivity contribution in [2.45, 2.75) is 31.3 Å². The number of rotatable bonds is 5. The van der Waals surface area contributed by atoms with Gasteiger partial charge in [0.2, 0.25) is 0 Å². The first kappa shape index (κ1) is 13.5. The van der Waals surface area contributed by atoms with Crippen molar-refractivity contribution < 1.29 is 5.11 Å². The van der Waals surface area contributed by atoms with Crippen molar-refractivity contribution in [3.05, 3.63) is 35.9 Å². The molecule has 3 N–H and O–H groups in total. The fraction of sp³-hybridized carbons (Fsp3) is 0.600. The summed E-state index contributed by atoms with van der Waals surface area (Å²) in [6.45, 7) is 3.54. The molecule has 0 spiro atoms. The second-order valence-corrected chi connectivity index (χ2v) is 5.25. The largest absolute Gasteiger partial charge is 0.384 e. The minimum absolute atomic E-state index is 0.283. The lowest BCUT2D eigenvalue weighted by molar-refractivity contribution is 0.0238. The van der Waals surface area contributed by atoms with Gasteiger partial charge < -0.3 is 15.7 Å². The van der Waals surface area contributed by atoms with Crippen molar-refractivity contribution in [2.24, 2.45) is 5.73 Å². The van der Waals surface area contributed by atoms with Gasteiger partial charge in [-0.05, 0) is 37.9 Å². The van der Waals surface area contributed by atoms with Crippen molar-refractivity contribution in [2.75, 3.05) is 26.2 Å². The van der Waals surface area contributed by atoms with Gasteiger partial charge in [-0.25, -0.2) is 0 Å². The molecule has 1 aliphatic heterocycles. The van der Waals surface area contributed by atoms with E-state index in [2.05, 4.69) is 4.90 Å². The van der Waals surface area contributed by atoms with Gasteiger partial charge in [-0.2, -0.15) is 0 Å². The summed E-state index contributed by atoms with van der Waals surface area (Å²) in [5.41, 5.74) is 5.84. The molecule has 100 valence electrons. The Kier molecular flexibility index (Phi) is 4.75. The normalized spacial score (nSPS) is 20.6. The maximum absolute atomic E-state index is 10.7. The molecule has 0 radical (unpaired) electrons. The standard InChI is InChI=1S/C15H24N2O/c16-13-15(18,14-7-3-1-4-8-14)9-12-17-10-5-2-6-11-17/h1,3-4,7-8,18H,2,5-6,9-13,16H2. The fourth-order valence-corrected chi connectivity index (χ4v) is 2.64. The van der Waals surface area contributed by atoms with Crippen LogP contribution in [0.3, 0.4) is 0 Å². The monoisotopic (exact) mass is 248 g/mol. The van der Waals surface area contributed by atoms with Crippen LogP contribution < -0.4 is 5.73 Å². The minimum Gasteiger partial charge on any atom is -0.384 e. The SMILES string of the molecule is NCC(O)(CCN1CCCCC1)c1ccccc1. The van der Waals surface area contributed by atoms with Crippen LogP contribution in [0, 0.1) is 0 Å². The zero-order chi connectivity index (χ0) is 12.8. The average molecular weight is 248 g/mol. The van der Waals surface area contributed by atoms with Crippen molar-refractivity contribution in [3.8, 4) is 0 Å². The molecule has 0 amide bonds. The van der Waals surface area contributed by atoms with Gasteiger partial charge in [-0.1, -0.05) is 36.8 Å².